The van der Waals surface area contributed by atoms with Crippen LogP contribution >= 0.6 is 0 Å². The van der Waals surface area contributed by atoms with Crippen molar-refractivity contribution in [3.8, 4) is 0 Å². The third kappa shape index (κ3) is 5.07. The Morgan fingerprint density at radius 1 is 0.897 bits per heavy atom. The second kappa shape index (κ2) is 9.14. The van der Waals surface area contributed by atoms with Crippen molar-refractivity contribution in [2.75, 3.05) is 36.4 Å². The smallest absolute Gasteiger partial charge is 0.223 e. The van der Waals surface area contributed by atoms with Crippen LogP contribution < -0.4 is 10.2 Å². The highest BCUT2D eigenvalue weighted by atomic mass is 16.2. The number of benzene rings is 1. The minimum absolute atomic E-state index is 0.216. The van der Waals surface area contributed by atoms with Gasteiger partial charge in [0.25, 0.3) is 0 Å². The predicted molar refractivity (Wildman–Crippen MR) is 113 cm³/mol. The number of aromatic nitrogens is 3. The maximum atomic E-state index is 12.5. The van der Waals surface area contributed by atoms with Crippen LogP contribution in [-0.2, 0) is 11.2 Å². The average molecular weight is 388 g/mol. The summed E-state index contributed by atoms with van der Waals surface area (Å²) in [5, 5.41) is 3.19. The first kappa shape index (κ1) is 18.9. The highest BCUT2D eigenvalue weighted by Gasteiger charge is 2.22. The quantitative estimate of drug-likeness (QED) is 0.700. The van der Waals surface area contributed by atoms with Crippen molar-refractivity contribution in [2.24, 2.45) is 0 Å². The Hall–Kier alpha value is -3.48. The number of carbonyl (C=O) groups excluding carboxylic acids is 1. The van der Waals surface area contributed by atoms with Gasteiger partial charge in [-0.25, -0.2) is 15.0 Å². The summed E-state index contributed by atoms with van der Waals surface area (Å²) in [7, 11) is 0. The predicted octanol–water partition coefficient (Wildman–Crippen LogP) is 2.90. The first-order chi connectivity index (χ1) is 14.3. The molecule has 0 radical (unpaired) electrons. The fourth-order valence-electron chi connectivity index (χ4n) is 3.40. The van der Waals surface area contributed by atoms with E-state index in [0.29, 0.717) is 25.3 Å². The Labute approximate surface area is 170 Å². The Morgan fingerprint density at radius 2 is 1.69 bits per heavy atom. The van der Waals surface area contributed by atoms with E-state index >= 15 is 0 Å². The molecular formula is C22H24N6O. The maximum absolute atomic E-state index is 12.5. The van der Waals surface area contributed by atoms with Gasteiger partial charge >= 0.3 is 0 Å². The SMILES string of the molecule is O=C(CCc1ccccc1)N1CCN(c2cc(Nc3ccccn3)ncn2)CC1. The number of amides is 1. The molecule has 1 fully saturated rings. The number of nitrogens with zero attached hydrogens (tertiary/aromatic N) is 5. The molecule has 2 aromatic heterocycles. The summed E-state index contributed by atoms with van der Waals surface area (Å²) in [4.78, 5) is 29.6. The molecule has 3 heterocycles. The maximum Gasteiger partial charge on any atom is 0.223 e. The molecule has 1 amide bonds. The van der Waals surface area contributed by atoms with Crippen molar-refractivity contribution in [2.45, 2.75) is 12.8 Å². The number of piperazine rings is 1. The van der Waals surface area contributed by atoms with Gasteiger partial charge in [-0.3, -0.25) is 4.79 Å². The molecule has 3 aromatic rings. The van der Waals surface area contributed by atoms with Crippen molar-refractivity contribution in [3.63, 3.8) is 0 Å². The van der Waals surface area contributed by atoms with Crippen LogP contribution in [0.4, 0.5) is 17.5 Å². The van der Waals surface area contributed by atoms with E-state index < -0.39 is 0 Å². The molecule has 0 bridgehead atoms. The van der Waals surface area contributed by atoms with Gasteiger partial charge in [0.1, 0.15) is 23.8 Å². The second-order valence-corrected chi connectivity index (χ2v) is 6.95. The lowest BCUT2D eigenvalue weighted by molar-refractivity contribution is -0.131. The van der Waals surface area contributed by atoms with Gasteiger partial charge in [-0.15, -0.1) is 0 Å². The Morgan fingerprint density at radius 3 is 2.45 bits per heavy atom. The van der Waals surface area contributed by atoms with Crippen LogP contribution in [0.15, 0.2) is 67.1 Å². The van der Waals surface area contributed by atoms with Gasteiger partial charge in [0.2, 0.25) is 5.91 Å². The monoisotopic (exact) mass is 388 g/mol. The van der Waals surface area contributed by atoms with Crippen LogP contribution in [0.2, 0.25) is 0 Å². The summed E-state index contributed by atoms with van der Waals surface area (Å²) < 4.78 is 0. The Bertz CT molecular complexity index is 926. The number of rotatable bonds is 6. The van der Waals surface area contributed by atoms with Crippen molar-refractivity contribution in [1.82, 2.24) is 19.9 Å². The van der Waals surface area contributed by atoms with Crippen LogP contribution in [0, 0.1) is 0 Å². The molecule has 0 unspecified atom stereocenters. The lowest BCUT2D eigenvalue weighted by atomic mass is 10.1. The molecular weight excluding hydrogens is 364 g/mol. The fraction of sp³-hybridized carbons (Fsp3) is 0.273. The molecule has 1 aliphatic rings. The summed E-state index contributed by atoms with van der Waals surface area (Å²) >= 11 is 0. The van der Waals surface area contributed by atoms with Gasteiger partial charge < -0.3 is 15.1 Å². The highest BCUT2D eigenvalue weighted by molar-refractivity contribution is 5.76. The highest BCUT2D eigenvalue weighted by Crippen LogP contribution is 2.19. The summed E-state index contributed by atoms with van der Waals surface area (Å²) in [5.41, 5.74) is 1.20. The molecule has 148 valence electrons. The number of hydrogen-bond acceptors (Lipinski definition) is 6. The second-order valence-electron chi connectivity index (χ2n) is 6.95. The Kier molecular flexibility index (Phi) is 5.95. The van der Waals surface area contributed by atoms with Crippen LogP contribution in [0.25, 0.3) is 0 Å². The topological polar surface area (TPSA) is 74.2 Å². The van der Waals surface area contributed by atoms with Crippen LogP contribution in [0.5, 0.6) is 0 Å². The first-order valence-electron chi connectivity index (χ1n) is 9.85. The van der Waals surface area contributed by atoms with Crippen molar-refractivity contribution in [1.29, 1.82) is 0 Å². The third-order valence-corrected chi connectivity index (χ3v) is 5.00. The van der Waals surface area contributed by atoms with E-state index in [0.717, 1.165) is 31.1 Å². The average Bonchev–Trinajstić information content (AvgIpc) is 2.79. The lowest BCUT2D eigenvalue weighted by Crippen LogP contribution is -2.49. The number of aryl methyl sites for hydroxylation is 1. The first-order valence-corrected chi connectivity index (χ1v) is 9.85. The molecule has 1 aromatic carbocycles. The number of pyridine rings is 1. The lowest BCUT2D eigenvalue weighted by Gasteiger charge is -2.35. The summed E-state index contributed by atoms with van der Waals surface area (Å²) in [6.07, 6.45) is 4.63. The van der Waals surface area contributed by atoms with Crippen LogP contribution in [0.3, 0.4) is 0 Å². The molecule has 29 heavy (non-hydrogen) atoms. The zero-order chi connectivity index (χ0) is 19.9. The van der Waals surface area contributed by atoms with Crippen molar-refractivity contribution >= 4 is 23.4 Å². The number of carbonyl (C=O) groups is 1. The van der Waals surface area contributed by atoms with Crippen molar-refractivity contribution in [3.05, 3.63) is 72.7 Å². The van der Waals surface area contributed by atoms with Gasteiger partial charge in [-0.05, 0) is 24.1 Å². The summed E-state index contributed by atoms with van der Waals surface area (Å²) in [6.45, 7) is 2.94. The molecule has 7 nitrogen and oxygen atoms in total. The van der Waals surface area contributed by atoms with E-state index in [1.807, 2.05) is 47.4 Å². The van der Waals surface area contributed by atoms with Gasteiger partial charge in [0, 0.05) is 44.9 Å². The van der Waals surface area contributed by atoms with E-state index in [2.05, 4.69) is 37.3 Å². The molecule has 1 N–H and O–H groups in total. The number of nitrogens with one attached hydrogen (secondary N) is 1. The normalized spacial score (nSPS) is 13.9. The zero-order valence-electron chi connectivity index (χ0n) is 16.2. The van der Waals surface area contributed by atoms with E-state index in [-0.39, 0.29) is 5.91 Å². The van der Waals surface area contributed by atoms with Gasteiger partial charge in [-0.2, -0.15) is 0 Å². The molecule has 1 saturated heterocycles. The molecule has 4 rings (SSSR count). The van der Waals surface area contributed by atoms with E-state index in [9.17, 15) is 4.79 Å². The van der Waals surface area contributed by atoms with E-state index in [1.165, 1.54) is 5.56 Å². The number of hydrogen-bond donors (Lipinski definition) is 1. The van der Waals surface area contributed by atoms with Crippen LogP contribution in [-0.4, -0.2) is 51.9 Å². The fourth-order valence-corrected chi connectivity index (χ4v) is 3.40. The van der Waals surface area contributed by atoms with E-state index in [1.54, 1.807) is 12.5 Å². The Balaban J connectivity index is 1.30. The molecule has 1 aliphatic heterocycles. The minimum Gasteiger partial charge on any atom is -0.353 e. The van der Waals surface area contributed by atoms with E-state index in [4.69, 9.17) is 0 Å². The third-order valence-electron chi connectivity index (χ3n) is 5.00. The molecule has 0 atom stereocenters. The molecule has 0 spiro atoms. The standard InChI is InChI=1S/C22H24N6O/c29-22(10-9-18-6-2-1-3-7-18)28-14-12-27(13-15-28)21-16-20(24-17-25-21)26-19-8-4-5-11-23-19/h1-8,11,16-17H,9-10,12-15H2,(H,23,24,25,26). The minimum atomic E-state index is 0.216. The van der Waals surface area contributed by atoms with Gasteiger partial charge in [-0.1, -0.05) is 36.4 Å². The number of anilines is 3. The van der Waals surface area contributed by atoms with Gasteiger partial charge in [0.15, 0.2) is 0 Å². The summed E-state index contributed by atoms with van der Waals surface area (Å²) in [5.74, 6) is 2.52. The van der Waals surface area contributed by atoms with Crippen molar-refractivity contribution < 1.29 is 4.79 Å². The van der Waals surface area contributed by atoms with Gasteiger partial charge in [0.05, 0.1) is 0 Å². The zero-order valence-corrected chi connectivity index (χ0v) is 16.2. The molecule has 7 heteroatoms. The largest absolute Gasteiger partial charge is 0.353 e. The summed E-state index contributed by atoms with van der Waals surface area (Å²) in [6, 6.07) is 17.8. The molecule has 0 saturated carbocycles. The van der Waals surface area contributed by atoms with Crippen LogP contribution in [0.1, 0.15) is 12.0 Å². The molecule has 0 aliphatic carbocycles.